The molecule has 2 heterocycles. The zero-order valence-electron chi connectivity index (χ0n) is 10.4. The van der Waals surface area contributed by atoms with Crippen LogP contribution in [0.25, 0.3) is 11.0 Å². The van der Waals surface area contributed by atoms with Crippen molar-refractivity contribution in [2.75, 3.05) is 0 Å². The third-order valence-electron chi connectivity index (χ3n) is 3.52. The predicted molar refractivity (Wildman–Crippen MR) is 78.8 cm³/mol. The lowest BCUT2D eigenvalue weighted by atomic mass is 10.0. The summed E-state index contributed by atoms with van der Waals surface area (Å²) in [7, 11) is 0. The van der Waals surface area contributed by atoms with E-state index in [1.54, 1.807) is 0 Å². The van der Waals surface area contributed by atoms with Crippen molar-refractivity contribution in [2.45, 2.75) is 37.4 Å². The van der Waals surface area contributed by atoms with E-state index in [1.807, 2.05) is 12.1 Å². The van der Waals surface area contributed by atoms with Crippen molar-refractivity contribution < 1.29 is 4.74 Å². The van der Waals surface area contributed by atoms with Gasteiger partial charge in [0.25, 0.3) is 0 Å². The number of rotatable bonds is 2. The lowest BCUT2D eigenvalue weighted by molar-refractivity contribution is 0.0532. The van der Waals surface area contributed by atoms with Crippen molar-refractivity contribution in [3.63, 3.8) is 0 Å². The van der Waals surface area contributed by atoms with E-state index in [4.69, 9.17) is 16.3 Å². The molecule has 1 saturated heterocycles. The Morgan fingerprint density at radius 1 is 1.37 bits per heavy atom. The van der Waals surface area contributed by atoms with Crippen molar-refractivity contribution in [3.8, 4) is 0 Å². The highest BCUT2D eigenvalue weighted by atomic mass is 79.9. The van der Waals surface area contributed by atoms with Gasteiger partial charge in [0.1, 0.15) is 0 Å². The highest BCUT2D eigenvalue weighted by molar-refractivity contribution is 9.10. The van der Waals surface area contributed by atoms with Crippen molar-refractivity contribution in [1.82, 2.24) is 9.97 Å². The third-order valence-corrected chi connectivity index (χ3v) is 4.72. The molecule has 0 radical (unpaired) electrons. The molecule has 3 atom stereocenters. The molecule has 1 aliphatic heterocycles. The number of imidazole rings is 1. The number of H-pyrrole nitrogens is 2. The monoisotopic (exact) mass is 344 g/mol. The zero-order chi connectivity index (χ0) is 13.6. The van der Waals surface area contributed by atoms with Crippen molar-refractivity contribution in [3.05, 3.63) is 32.7 Å². The maximum atomic E-state index is 11.3. The molecule has 4 nitrogen and oxygen atoms in total. The number of aromatic amines is 2. The molecule has 0 spiro atoms. The first-order chi connectivity index (χ1) is 9.04. The van der Waals surface area contributed by atoms with Gasteiger partial charge in [-0.25, -0.2) is 4.79 Å². The SMILES string of the molecule is CC1CCC(C(Cl)c2cc3[nH]c(=O)[nH]c3cc2Br)O1. The zero-order valence-corrected chi connectivity index (χ0v) is 12.7. The van der Waals surface area contributed by atoms with E-state index in [-0.39, 0.29) is 23.3 Å². The van der Waals surface area contributed by atoms with Gasteiger partial charge in [-0.3, -0.25) is 0 Å². The molecule has 2 N–H and O–H groups in total. The van der Waals surface area contributed by atoms with E-state index in [9.17, 15) is 4.79 Å². The molecule has 1 aromatic carbocycles. The Hall–Kier alpha value is -0.780. The van der Waals surface area contributed by atoms with E-state index in [0.717, 1.165) is 33.9 Å². The molecule has 19 heavy (non-hydrogen) atoms. The molecule has 0 amide bonds. The maximum Gasteiger partial charge on any atom is 0.323 e. The second-order valence-electron chi connectivity index (χ2n) is 4.96. The summed E-state index contributed by atoms with van der Waals surface area (Å²) < 4.78 is 6.70. The number of alkyl halides is 1. The van der Waals surface area contributed by atoms with Gasteiger partial charge in [-0.05, 0) is 37.5 Å². The quantitative estimate of drug-likeness (QED) is 0.819. The lowest BCUT2D eigenvalue weighted by Crippen LogP contribution is -2.15. The van der Waals surface area contributed by atoms with Crippen LogP contribution in [0.1, 0.15) is 30.7 Å². The third kappa shape index (κ3) is 2.47. The highest BCUT2D eigenvalue weighted by Crippen LogP contribution is 2.38. The first kappa shape index (κ1) is 13.2. The van der Waals surface area contributed by atoms with Crippen molar-refractivity contribution in [2.24, 2.45) is 0 Å². The van der Waals surface area contributed by atoms with E-state index in [1.165, 1.54) is 0 Å². The standard InChI is InChI=1S/C13H14BrClN2O2/c1-6-2-3-11(19-6)12(15)7-4-9-10(5-8(7)14)17-13(18)16-9/h4-6,11-12H,2-3H2,1H3,(H2,16,17,18). The summed E-state index contributed by atoms with van der Waals surface area (Å²) >= 11 is 10.0. The van der Waals surface area contributed by atoms with Crippen LogP contribution < -0.4 is 5.69 Å². The molecule has 1 aliphatic rings. The predicted octanol–water partition coefficient (Wildman–Crippen LogP) is 3.47. The fraction of sp³-hybridized carbons (Fsp3) is 0.462. The summed E-state index contributed by atoms with van der Waals surface area (Å²) in [5, 5.41) is -0.220. The molecule has 1 fully saturated rings. The van der Waals surface area contributed by atoms with Gasteiger partial charge in [-0.1, -0.05) is 15.9 Å². The second-order valence-corrected chi connectivity index (χ2v) is 6.29. The normalized spacial score (nSPS) is 25.0. The van der Waals surface area contributed by atoms with Crippen molar-refractivity contribution in [1.29, 1.82) is 0 Å². The molecule has 6 heteroatoms. The van der Waals surface area contributed by atoms with Gasteiger partial charge >= 0.3 is 5.69 Å². The summed E-state index contributed by atoms with van der Waals surface area (Å²) in [4.78, 5) is 16.8. The molecular weight excluding hydrogens is 332 g/mol. The van der Waals surface area contributed by atoms with E-state index < -0.39 is 0 Å². The maximum absolute atomic E-state index is 11.3. The van der Waals surface area contributed by atoms with Gasteiger partial charge < -0.3 is 14.7 Å². The Bertz CT molecular complexity index is 666. The average molecular weight is 346 g/mol. The number of benzene rings is 1. The Morgan fingerprint density at radius 3 is 2.68 bits per heavy atom. The number of aromatic nitrogens is 2. The Balaban J connectivity index is 1.99. The highest BCUT2D eigenvalue weighted by Gasteiger charge is 2.30. The van der Waals surface area contributed by atoms with Crippen LogP contribution in [0.2, 0.25) is 0 Å². The summed E-state index contributed by atoms with van der Waals surface area (Å²) in [6.45, 7) is 2.06. The Morgan fingerprint density at radius 2 is 2.05 bits per heavy atom. The van der Waals surface area contributed by atoms with Crippen LogP contribution in [-0.4, -0.2) is 22.2 Å². The molecule has 102 valence electrons. The smallest absolute Gasteiger partial charge is 0.323 e. The molecule has 1 aromatic heterocycles. The van der Waals surface area contributed by atoms with Crippen LogP contribution in [0.3, 0.4) is 0 Å². The molecule has 0 aliphatic carbocycles. The minimum absolute atomic E-state index is 0.0241. The van der Waals surface area contributed by atoms with Crippen LogP contribution in [0, 0.1) is 0 Å². The number of nitrogens with one attached hydrogen (secondary N) is 2. The average Bonchev–Trinajstić information content (AvgIpc) is 2.92. The van der Waals surface area contributed by atoms with E-state index >= 15 is 0 Å². The molecule has 3 unspecified atom stereocenters. The summed E-state index contributed by atoms with van der Waals surface area (Å²) in [6.07, 6.45) is 2.29. The molecule has 3 rings (SSSR count). The fourth-order valence-electron chi connectivity index (χ4n) is 2.53. The first-order valence-electron chi connectivity index (χ1n) is 6.25. The van der Waals surface area contributed by atoms with Gasteiger partial charge in [0.2, 0.25) is 0 Å². The van der Waals surface area contributed by atoms with Crippen LogP contribution in [0.15, 0.2) is 21.4 Å². The lowest BCUT2D eigenvalue weighted by Gasteiger charge is -2.19. The molecule has 0 bridgehead atoms. The number of hydrogen-bond donors (Lipinski definition) is 2. The topological polar surface area (TPSA) is 57.9 Å². The number of ether oxygens (including phenoxy) is 1. The van der Waals surface area contributed by atoms with Crippen LogP contribution in [0.5, 0.6) is 0 Å². The van der Waals surface area contributed by atoms with Crippen molar-refractivity contribution >= 4 is 38.6 Å². The molecule has 2 aromatic rings. The van der Waals surface area contributed by atoms with Gasteiger partial charge in [0.15, 0.2) is 0 Å². The number of hydrogen-bond acceptors (Lipinski definition) is 2. The number of fused-ring (bicyclic) bond motifs is 1. The molecular formula is C13H14BrClN2O2. The van der Waals surface area contributed by atoms with E-state index in [0.29, 0.717) is 0 Å². The van der Waals surface area contributed by atoms with Crippen LogP contribution in [0.4, 0.5) is 0 Å². The Kier molecular flexibility index (Phi) is 3.45. The Labute approximate surface area is 123 Å². The van der Waals surface area contributed by atoms with Gasteiger partial charge in [-0.2, -0.15) is 0 Å². The fourth-order valence-corrected chi connectivity index (χ4v) is 3.62. The van der Waals surface area contributed by atoms with Gasteiger partial charge in [0, 0.05) is 4.47 Å². The van der Waals surface area contributed by atoms with Gasteiger partial charge in [-0.15, -0.1) is 11.6 Å². The largest absolute Gasteiger partial charge is 0.373 e. The molecule has 0 saturated carbocycles. The van der Waals surface area contributed by atoms with Gasteiger partial charge in [0.05, 0.1) is 28.6 Å². The summed E-state index contributed by atoms with van der Waals surface area (Å²) in [6, 6.07) is 3.78. The van der Waals surface area contributed by atoms with Crippen LogP contribution in [-0.2, 0) is 4.74 Å². The number of halogens is 2. The summed E-state index contributed by atoms with van der Waals surface area (Å²) in [5.74, 6) is 0. The second kappa shape index (κ2) is 4.96. The summed E-state index contributed by atoms with van der Waals surface area (Å²) in [5.41, 5.74) is 2.27. The first-order valence-corrected chi connectivity index (χ1v) is 7.48. The minimum Gasteiger partial charge on any atom is -0.373 e. The van der Waals surface area contributed by atoms with E-state index in [2.05, 4.69) is 32.8 Å². The minimum atomic E-state index is -0.220. The van der Waals surface area contributed by atoms with Crippen LogP contribution >= 0.6 is 27.5 Å².